The van der Waals surface area contributed by atoms with Gasteiger partial charge in [0.25, 0.3) is 0 Å². The Morgan fingerprint density at radius 3 is 2.39 bits per heavy atom. The molecular weight excluding hydrogens is 352 g/mol. The van der Waals surface area contributed by atoms with Gasteiger partial charge >= 0.3 is 0 Å². The SMILES string of the molecule is CCCN1CCC(NC(=O)C23CC4CC(CC(Br)(C4)C2)C3)CC1. The van der Waals surface area contributed by atoms with Gasteiger partial charge in [-0.25, -0.2) is 0 Å². The van der Waals surface area contributed by atoms with Crippen LogP contribution in [0.2, 0.25) is 0 Å². The number of carbonyl (C=O) groups is 1. The lowest BCUT2D eigenvalue weighted by Crippen LogP contribution is -2.59. The Bertz CT molecular complexity index is 458. The average Bonchev–Trinajstić information content (AvgIpc) is 2.47. The second-order valence-electron chi connectivity index (χ2n) is 8.98. The first-order valence-electron chi connectivity index (χ1n) is 9.72. The van der Waals surface area contributed by atoms with E-state index in [1.165, 1.54) is 32.2 Å². The molecule has 1 saturated heterocycles. The molecule has 4 aliphatic carbocycles. The van der Waals surface area contributed by atoms with Crippen LogP contribution in [0.4, 0.5) is 0 Å². The minimum Gasteiger partial charge on any atom is -0.353 e. The molecule has 4 saturated carbocycles. The molecule has 0 aromatic heterocycles. The van der Waals surface area contributed by atoms with Crippen LogP contribution in [0.15, 0.2) is 0 Å². The van der Waals surface area contributed by atoms with Gasteiger partial charge in [-0.05, 0) is 76.2 Å². The van der Waals surface area contributed by atoms with Crippen LogP contribution in [0.1, 0.15) is 64.7 Å². The maximum absolute atomic E-state index is 13.2. The Morgan fingerprint density at radius 1 is 1.17 bits per heavy atom. The highest BCUT2D eigenvalue weighted by molar-refractivity contribution is 9.10. The number of rotatable bonds is 4. The van der Waals surface area contributed by atoms with Crippen LogP contribution >= 0.6 is 15.9 Å². The van der Waals surface area contributed by atoms with Crippen LogP contribution in [-0.4, -0.2) is 40.8 Å². The summed E-state index contributed by atoms with van der Waals surface area (Å²) in [4.78, 5) is 15.7. The zero-order valence-electron chi connectivity index (χ0n) is 14.5. The lowest BCUT2D eigenvalue weighted by molar-refractivity contribution is -0.145. The van der Waals surface area contributed by atoms with Crippen LogP contribution in [0.5, 0.6) is 0 Å². The van der Waals surface area contributed by atoms with Gasteiger partial charge in [-0.1, -0.05) is 22.9 Å². The van der Waals surface area contributed by atoms with Crippen LogP contribution in [0.3, 0.4) is 0 Å². The highest BCUT2D eigenvalue weighted by Crippen LogP contribution is 2.64. The largest absolute Gasteiger partial charge is 0.353 e. The molecule has 4 bridgehead atoms. The highest BCUT2D eigenvalue weighted by Gasteiger charge is 2.59. The molecule has 23 heavy (non-hydrogen) atoms. The van der Waals surface area contributed by atoms with E-state index in [1.807, 2.05) is 0 Å². The molecule has 5 aliphatic rings. The third-order valence-corrected chi connectivity index (χ3v) is 7.86. The summed E-state index contributed by atoms with van der Waals surface area (Å²) in [5.74, 6) is 1.96. The topological polar surface area (TPSA) is 32.3 Å². The number of halogens is 1. The third-order valence-electron chi connectivity index (χ3n) is 6.93. The first kappa shape index (κ1) is 16.4. The van der Waals surface area contributed by atoms with E-state index < -0.39 is 0 Å². The van der Waals surface area contributed by atoms with Gasteiger partial charge < -0.3 is 10.2 Å². The van der Waals surface area contributed by atoms with E-state index >= 15 is 0 Å². The lowest BCUT2D eigenvalue weighted by atomic mass is 9.49. The fourth-order valence-electron chi connectivity index (χ4n) is 6.37. The van der Waals surface area contributed by atoms with Crippen LogP contribution in [0.25, 0.3) is 0 Å². The molecule has 4 heteroatoms. The second-order valence-corrected chi connectivity index (χ2v) is 10.7. The van der Waals surface area contributed by atoms with Gasteiger partial charge in [0.05, 0.1) is 5.41 Å². The number of nitrogens with one attached hydrogen (secondary N) is 1. The molecule has 1 aliphatic heterocycles. The summed E-state index contributed by atoms with van der Waals surface area (Å²) in [6, 6.07) is 0.412. The number of hydrogen-bond donors (Lipinski definition) is 1. The zero-order chi connectivity index (χ0) is 16.1. The summed E-state index contributed by atoms with van der Waals surface area (Å²) < 4.78 is 0.277. The van der Waals surface area contributed by atoms with Crippen LogP contribution in [-0.2, 0) is 4.79 Å². The molecule has 0 radical (unpaired) electrons. The van der Waals surface area contributed by atoms with Gasteiger partial charge in [-0.3, -0.25) is 4.79 Å². The summed E-state index contributed by atoms with van der Waals surface area (Å²) in [5, 5.41) is 3.47. The van der Waals surface area contributed by atoms with Gasteiger partial charge in [0, 0.05) is 23.5 Å². The van der Waals surface area contributed by atoms with E-state index in [1.54, 1.807) is 0 Å². The number of hydrogen-bond acceptors (Lipinski definition) is 2. The van der Waals surface area contributed by atoms with E-state index in [2.05, 4.69) is 33.1 Å². The Kier molecular flexibility index (Phi) is 4.28. The standard InChI is InChI=1S/C19H31BrN2O/c1-2-5-22-6-3-16(4-7-22)21-17(23)18-9-14-8-15(10-18)12-19(20,11-14)13-18/h14-16H,2-13H2,1H3,(H,21,23). The Labute approximate surface area is 149 Å². The van der Waals surface area contributed by atoms with Gasteiger partial charge in [0.1, 0.15) is 0 Å². The van der Waals surface area contributed by atoms with E-state index in [4.69, 9.17) is 0 Å². The molecule has 130 valence electrons. The van der Waals surface area contributed by atoms with Crippen molar-refractivity contribution in [1.29, 1.82) is 0 Å². The number of nitrogens with zero attached hydrogens (tertiary/aromatic N) is 1. The van der Waals surface area contributed by atoms with Gasteiger partial charge in [0.2, 0.25) is 5.91 Å². The van der Waals surface area contributed by atoms with Gasteiger partial charge in [0.15, 0.2) is 0 Å². The molecule has 2 atom stereocenters. The normalized spacial score (nSPS) is 43.7. The number of alkyl halides is 1. The van der Waals surface area contributed by atoms with Crippen molar-refractivity contribution in [2.75, 3.05) is 19.6 Å². The summed E-state index contributed by atoms with van der Waals surface area (Å²) in [5.41, 5.74) is -0.0475. The van der Waals surface area contributed by atoms with Crippen molar-refractivity contribution in [3.8, 4) is 0 Å². The maximum Gasteiger partial charge on any atom is 0.226 e. The first-order valence-corrected chi connectivity index (χ1v) is 10.5. The van der Waals surface area contributed by atoms with Crippen LogP contribution < -0.4 is 5.32 Å². The van der Waals surface area contributed by atoms with E-state index in [0.29, 0.717) is 11.9 Å². The molecule has 0 aromatic rings. The van der Waals surface area contributed by atoms with Crippen molar-refractivity contribution in [2.24, 2.45) is 17.3 Å². The molecule has 0 aromatic carbocycles. The quantitative estimate of drug-likeness (QED) is 0.751. The van der Waals surface area contributed by atoms with Crippen molar-refractivity contribution in [2.45, 2.75) is 75.1 Å². The van der Waals surface area contributed by atoms with E-state index in [9.17, 15) is 4.79 Å². The number of piperidine rings is 1. The molecule has 2 unspecified atom stereocenters. The molecule has 5 rings (SSSR count). The molecule has 5 fully saturated rings. The first-order chi connectivity index (χ1) is 11.0. The van der Waals surface area contributed by atoms with Crippen LogP contribution in [0, 0.1) is 17.3 Å². The maximum atomic E-state index is 13.2. The summed E-state index contributed by atoms with van der Waals surface area (Å²) in [6.07, 6.45) is 10.8. The minimum atomic E-state index is -0.0475. The van der Waals surface area contributed by atoms with Gasteiger partial charge in [-0.15, -0.1) is 0 Å². The number of carbonyl (C=O) groups excluding carboxylic acids is 1. The number of amides is 1. The molecule has 1 heterocycles. The average molecular weight is 383 g/mol. The predicted octanol–water partition coefficient (Wildman–Crippen LogP) is 3.71. The van der Waals surface area contributed by atoms with Crippen molar-refractivity contribution in [3.05, 3.63) is 0 Å². The molecule has 0 spiro atoms. The van der Waals surface area contributed by atoms with E-state index in [-0.39, 0.29) is 9.74 Å². The molecular formula is C19H31BrN2O. The predicted molar refractivity (Wildman–Crippen MR) is 96.7 cm³/mol. The summed E-state index contributed by atoms with van der Waals surface area (Å²) in [6.45, 7) is 5.76. The zero-order valence-corrected chi connectivity index (χ0v) is 16.0. The van der Waals surface area contributed by atoms with Gasteiger partial charge in [-0.2, -0.15) is 0 Å². The lowest BCUT2D eigenvalue weighted by Gasteiger charge is -2.59. The Hall–Kier alpha value is -0.0900. The number of likely N-dealkylation sites (tertiary alicyclic amines) is 1. The van der Waals surface area contributed by atoms with Crippen molar-refractivity contribution in [3.63, 3.8) is 0 Å². The van der Waals surface area contributed by atoms with E-state index in [0.717, 1.165) is 57.0 Å². The monoisotopic (exact) mass is 382 g/mol. The van der Waals surface area contributed by atoms with Crippen molar-refractivity contribution in [1.82, 2.24) is 10.2 Å². The highest BCUT2D eigenvalue weighted by atomic mass is 79.9. The molecule has 3 nitrogen and oxygen atoms in total. The van der Waals surface area contributed by atoms with Crippen molar-refractivity contribution < 1.29 is 4.79 Å². The van der Waals surface area contributed by atoms with Crippen molar-refractivity contribution >= 4 is 21.8 Å². The fraction of sp³-hybridized carbons (Fsp3) is 0.947. The fourth-order valence-corrected chi connectivity index (χ4v) is 7.82. The molecule has 1 amide bonds. The Morgan fingerprint density at radius 2 is 1.83 bits per heavy atom. The minimum absolute atomic E-state index is 0.0475. The third kappa shape index (κ3) is 3.10. The summed E-state index contributed by atoms with van der Waals surface area (Å²) in [7, 11) is 0. The second kappa shape index (κ2) is 6.01. The smallest absolute Gasteiger partial charge is 0.226 e. The Balaban J connectivity index is 1.38. The molecule has 1 N–H and O–H groups in total. The summed E-state index contributed by atoms with van der Waals surface area (Å²) >= 11 is 4.02.